The van der Waals surface area contributed by atoms with E-state index in [9.17, 15) is 5.11 Å². The van der Waals surface area contributed by atoms with Crippen molar-refractivity contribution < 1.29 is 9.84 Å². The SMILES string of the molecule is COc1ccccc1-n1ccnc1-c1ccc(O)c(CN(C)C)c1. The van der Waals surface area contributed by atoms with Crippen LogP contribution in [-0.2, 0) is 6.54 Å². The van der Waals surface area contributed by atoms with Gasteiger partial charge in [0.25, 0.3) is 0 Å². The number of hydrogen-bond donors (Lipinski definition) is 1. The van der Waals surface area contributed by atoms with E-state index < -0.39 is 0 Å². The van der Waals surface area contributed by atoms with Crippen LogP contribution in [-0.4, -0.2) is 40.8 Å². The summed E-state index contributed by atoms with van der Waals surface area (Å²) in [6, 6.07) is 13.4. The molecule has 1 aromatic heterocycles. The number of methoxy groups -OCH3 is 1. The molecule has 0 unspecified atom stereocenters. The van der Waals surface area contributed by atoms with Crippen LogP contribution in [0.25, 0.3) is 17.1 Å². The number of nitrogens with zero attached hydrogens (tertiary/aromatic N) is 3. The second kappa shape index (κ2) is 6.76. The Morgan fingerprint density at radius 1 is 1.17 bits per heavy atom. The molecule has 24 heavy (non-hydrogen) atoms. The number of benzene rings is 2. The third-order valence-electron chi connectivity index (χ3n) is 3.81. The molecule has 5 heteroatoms. The molecule has 0 radical (unpaired) electrons. The molecule has 5 nitrogen and oxygen atoms in total. The number of hydrogen-bond acceptors (Lipinski definition) is 4. The average Bonchev–Trinajstić information content (AvgIpc) is 3.06. The van der Waals surface area contributed by atoms with Crippen LogP contribution >= 0.6 is 0 Å². The van der Waals surface area contributed by atoms with Gasteiger partial charge in [-0.15, -0.1) is 0 Å². The van der Waals surface area contributed by atoms with Crippen molar-refractivity contribution in [2.75, 3.05) is 21.2 Å². The second-order valence-electron chi connectivity index (χ2n) is 5.87. The highest BCUT2D eigenvalue weighted by atomic mass is 16.5. The van der Waals surface area contributed by atoms with Crippen molar-refractivity contribution in [1.82, 2.24) is 14.5 Å². The molecule has 2 aromatic carbocycles. The zero-order valence-corrected chi connectivity index (χ0v) is 14.1. The lowest BCUT2D eigenvalue weighted by Gasteiger charge is -2.14. The maximum atomic E-state index is 10.1. The Morgan fingerprint density at radius 3 is 2.71 bits per heavy atom. The maximum Gasteiger partial charge on any atom is 0.144 e. The van der Waals surface area contributed by atoms with Crippen molar-refractivity contribution in [2.45, 2.75) is 6.54 Å². The standard InChI is InChI=1S/C19H21N3O2/c1-21(2)13-15-12-14(8-9-17(15)23)19-20-10-11-22(19)16-6-4-5-7-18(16)24-3/h4-12,23H,13H2,1-3H3. The van der Waals surface area contributed by atoms with Crippen molar-refractivity contribution in [3.8, 4) is 28.6 Å². The zero-order valence-electron chi connectivity index (χ0n) is 14.1. The number of para-hydroxylation sites is 2. The molecule has 0 aliphatic rings. The Kier molecular flexibility index (Phi) is 4.53. The summed E-state index contributed by atoms with van der Waals surface area (Å²) in [5, 5.41) is 10.1. The lowest BCUT2D eigenvalue weighted by molar-refractivity contribution is 0.386. The first-order valence-electron chi connectivity index (χ1n) is 7.74. The van der Waals surface area contributed by atoms with Gasteiger partial charge in [-0.1, -0.05) is 12.1 Å². The van der Waals surface area contributed by atoms with Crippen molar-refractivity contribution >= 4 is 0 Å². The van der Waals surface area contributed by atoms with E-state index in [4.69, 9.17) is 4.74 Å². The third kappa shape index (κ3) is 3.12. The van der Waals surface area contributed by atoms with E-state index >= 15 is 0 Å². The molecule has 3 rings (SSSR count). The van der Waals surface area contributed by atoms with Gasteiger partial charge in [0, 0.05) is 30.1 Å². The summed E-state index contributed by atoms with van der Waals surface area (Å²) in [4.78, 5) is 6.52. The van der Waals surface area contributed by atoms with Crippen LogP contribution in [0.4, 0.5) is 0 Å². The molecule has 0 fully saturated rings. The molecular weight excluding hydrogens is 302 g/mol. The molecule has 0 saturated carbocycles. The van der Waals surface area contributed by atoms with E-state index in [0.717, 1.165) is 28.4 Å². The minimum absolute atomic E-state index is 0.294. The van der Waals surface area contributed by atoms with Crippen LogP contribution in [0.15, 0.2) is 54.9 Å². The fourth-order valence-corrected chi connectivity index (χ4v) is 2.73. The Balaban J connectivity index is 2.08. The molecule has 1 heterocycles. The molecule has 0 spiro atoms. The summed E-state index contributed by atoms with van der Waals surface area (Å²) in [6.07, 6.45) is 3.67. The summed E-state index contributed by atoms with van der Waals surface area (Å²) in [6.45, 7) is 0.662. The summed E-state index contributed by atoms with van der Waals surface area (Å²) in [5.41, 5.74) is 2.74. The number of ether oxygens (including phenoxy) is 1. The van der Waals surface area contributed by atoms with Gasteiger partial charge in [-0.3, -0.25) is 4.57 Å². The van der Waals surface area contributed by atoms with Gasteiger partial charge in [0.1, 0.15) is 17.3 Å². The predicted octanol–water partition coefficient (Wildman–Crippen LogP) is 3.32. The second-order valence-corrected chi connectivity index (χ2v) is 5.87. The minimum Gasteiger partial charge on any atom is -0.508 e. The highest BCUT2D eigenvalue weighted by Crippen LogP contribution is 2.30. The molecule has 0 saturated heterocycles. The van der Waals surface area contributed by atoms with Crippen molar-refractivity contribution in [3.63, 3.8) is 0 Å². The maximum absolute atomic E-state index is 10.1. The quantitative estimate of drug-likeness (QED) is 0.782. The summed E-state index contributed by atoms with van der Waals surface area (Å²) in [5.74, 6) is 1.88. The first-order valence-corrected chi connectivity index (χ1v) is 7.74. The van der Waals surface area contributed by atoms with Crippen molar-refractivity contribution in [3.05, 3.63) is 60.4 Å². The zero-order chi connectivity index (χ0) is 17.1. The molecule has 0 atom stereocenters. The first-order chi connectivity index (χ1) is 11.6. The lowest BCUT2D eigenvalue weighted by Crippen LogP contribution is -2.11. The van der Waals surface area contributed by atoms with Gasteiger partial charge in [0.2, 0.25) is 0 Å². The molecule has 0 bridgehead atoms. The van der Waals surface area contributed by atoms with Gasteiger partial charge in [0.15, 0.2) is 0 Å². The number of phenols is 1. The van der Waals surface area contributed by atoms with Crippen LogP contribution in [0, 0.1) is 0 Å². The normalized spacial score (nSPS) is 11.0. The van der Waals surface area contributed by atoms with Gasteiger partial charge in [-0.2, -0.15) is 0 Å². The number of aromatic hydroxyl groups is 1. The molecule has 0 aliphatic heterocycles. The highest BCUT2D eigenvalue weighted by molar-refractivity contribution is 5.63. The predicted molar refractivity (Wildman–Crippen MR) is 94.6 cm³/mol. The molecular formula is C19H21N3O2. The van der Waals surface area contributed by atoms with E-state index in [2.05, 4.69) is 4.98 Å². The number of aromatic nitrogens is 2. The minimum atomic E-state index is 0.294. The van der Waals surface area contributed by atoms with Crippen LogP contribution in [0.2, 0.25) is 0 Å². The van der Waals surface area contributed by atoms with E-state index in [1.165, 1.54) is 0 Å². The fraction of sp³-hybridized carbons (Fsp3) is 0.211. The Labute approximate surface area is 141 Å². The Morgan fingerprint density at radius 2 is 1.96 bits per heavy atom. The first kappa shape index (κ1) is 16.1. The fourth-order valence-electron chi connectivity index (χ4n) is 2.73. The monoisotopic (exact) mass is 323 g/mol. The van der Waals surface area contributed by atoms with Crippen LogP contribution < -0.4 is 4.74 Å². The van der Waals surface area contributed by atoms with Crippen LogP contribution in [0.1, 0.15) is 5.56 Å². The Bertz CT molecular complexity index is 840. The van der Waals surface area contributed by atoms with Gasteiger partial charge in [0.05, 0.1) is 12.8 Å². The smallest absolute Gasteiger partial charge is 0.144 e. The van der Waals surface area contributed by atoms with Crippen LogP contribution in [0.3, 0.4) is 0 Å². The lowest BCUT2D eigenvalue weighted by atomic mass is 10.1. The van der Waals surface area contributed by atoms with Gasteiger partial charge in [-0.25, -0.2) is 4.98 Å². The van der Waals surface area contributed by atoms with E-state index in [0.29, 0.717) is 12.3 Å². The van der Waals surface area contributed by atoms with Crippen molar-refractivity contribution in [2.24, 2.45) is 0 Å². The van der Waals surface area contributed by atoms with Crippen molar-refractivity contribution in [1.29, 1.82) is 0 Å². The molecule has 3 aromatic rings. The topological polar surface area (TPSA) is 50.5 Å². The van der Waals surface area contributed by atoms with Gasteiger partial charge in [-0.05, 0) is 44.4 Å². The van der Waals surface area contributed by atoms with E-state index in [1.807, 2.05) is 66.2 Å². The molecule has 0 aliphatic carbocycles. The largest absolute Gasteiger partial charge is 0.508 e. The number of phenolic OH excluding ortho intramolecular Hbond substituents is 1. The van der Waals surface area contributed by atoms with Crippen LogP contribution in [0.5, 0.6) is 11.5 Å². The molecule has 0 amide bonds. The Hall–Kier alpha value is -2.79. The van der Waals surface area contributed by atoms with E-state index in [1.54, 1.807) is 19.4 Å². The third-order valence-corrected chi connectivity index (χ3v) is 3.81. The van der Waals surface area contributed by atoms with E-state index in [-0.39, 0.29) is 0 Å². The number of imidazole rings is 1. The summed E-state index contributed by atoms with van der Waals surface area (Å²) < 4.78 is 7.45. The van der Waals surface area contributed by atoms with Gasteiger partial charge < -0.3 is 14.7 Å². The molecule has 124 valence electrons. The van der Waals surface area contributed by atoms with Gasteiger partial charge >= 0.3 is 0 Å². The summed E-state index contributed by atoms with van der Waals surface area (Å²) >= 11 is 0. The average molecular weight is 323 g/mol. The number of rotatable bonds is 5. The molecule has 1 N–H and O–H groups in total. The summed E-state index contributed by atoms with van der Waals surface area (Å²) in [7, 11) is 5.61. The highest BCUT2D eigenvalue weighted by Gasteiger charge is 2.13.